The van der Waals surface area contributed by atoms with Gasteiger partial charge in [0, 0.05) is 0 Å². The summed E-state index contributed by atoms with van der Waals surface area (Å²) < 4.78 is 0. The van der Waals surface area contributed by atoms with Crippen LogP contribution in [0.15, 0.2) is 0 Å². The Labute approximate surface area is 95.0 Å². The van der Waals surface area contributed by atoms with Gasteiger partial charge < -0.3 is 6.53 Å². The molecule has 0 atom stereocenters. The van der Waals surface area contributed by atoms with E-state index in [9.17, 15) is 0 Å². The van der Waals surface area contributed by atoms with Crippen molar-refractivity contribution >= 4 is 17.9 Å². The second-order valence-corrected chi connectivity index (χ2v) is 2.79. The summed E-state index contributed by atoms with van der Waals surface area (Å²) >= 11 is 1.96. The summed E-state index contributed by atoms with van der Waals surface area (Å²) in [6.45, 7) is 4.35. The molecule has 0 unspecified atom stereocenters. The third kappa shape index (κ3) is 37.1. The SMILES string of the molecule is CCSCC.NNC(=O)O.[H-].[Na+]. The first-order valence-electron chi connectivity index (χ1n) is 2.96. The van der Waals surface area contributed by atoms with Crippen molar-refractivity contribution in [3.63, 3.8) is 0 Å². The van der Waals surface area contributed by atoms with E-state index >= 15 is 0 Å². The summed E-state index contributed by atoms with van der Waals surface area (Å²) in [7, 11) is 0. The predicted octanol–water partition coefficient (Wildman–Crippen LogP) is -2.00. The Morgan fingerprint density at radius 1 is 1.64 bits per heavy atom. The molecule has 1 amide bonds. The fraction of sp³-hybridized carbons (Fsp3) is 0.800. The Kier molecular flexibility index (Phi) is 27.1. The van der Waals surface area contributed by atoms with Gasteiger partial charge in [0.15, 0.2) is 0 Å². The first-order valence-corrected chi connectivity index (χ1v) is 4.11. The van der Waals surface area contributed by atoms with E-state index in [4.69, 9.17) is 9.90 Å². The quantitative estimate of drug-likeness (QED) is 0.204. The third-order valence-corrected chi connectivity index (χ3v) is 1.35. The van der Waals surface area contributed by atoms with Crippen LogP contribution in [0.2, 0.25) is 0 Å². The van der Waals surface area contributed by atoms with Gasteiger partial charge in [0.05, 0.1) is 0 Å². The summed E-state index contributed by atoms with van der Waals surface area (Å²) in [4.78, 5) is 9.13. The third-order valence-electron chi connectivity index (χ3n) is 0.532. The van der Waals surface area contributed by atoms with E-state index in [1.807, 2.05) is 11.8 Å². The van der Waals surface area contributed by atoms with Crippen molar-refractivity contribution in [2.75, 3.05) is 11.5 Å². The molecule has 0 radical (unpaired) electrons. The van der Waals surface area contributed by atoms with Crippen LogP contribution < -0.4 is 40.8 Å². The Balaban J connectivity index is -0.0000000457. The monoisotopic (exact) mass is 190 g/mol. The van der Waals surface area contributed by atoms with Crippen LogP contribution >= 0.6 is 11.8 Å². The molecule has 0 aromatic heterocycles. The van der Waals surface area contributed by atoms with E-state index in [1.165, 1.54) is 16.9 Å². The minimum Gasteiger partial charge on any atom is -1.00 e. The largest absolute Gasteiger partial charge is 1.00 e. The smallest absolute Gasteiger partial charge is 1.00 e. The molecule has 0 aromatic carbocycles. The average molecular weight is 190 g/mol. The molecule has 0 spiro atoms. The molecule has 0 rings (SSSR count). The summed E-state index contributed by atoms with van der Waals surface area (Å²) in [5.74, 6) is 6.84. The molecule has 4 N–H and O–H groups in total. The fourth-order valence-electron chi connectivity index (χ4n) is 0.204. The zero-order valence-corrected chi connectivity index (χ0v) is 10.1. The minimum absolute atomic E-state index is 0. The molecule has 11 heavy (non-hydrogen) atoms. The first-order chi connectivity index (χ1) is 4.68. The van der Waals surface area contributed by atoms with Crippen LogP contribution in [0.4, 0.5) is 4.79 Å². The molecule has 4 nitrogen and oxygen atoms in total. The molecule has 6 heteroatoms. The van der Waals surface area contributed by atoms with Crippen molar-refractivity contribution in [1.82, 2.24) is 5.43 Å². The van der Waals surface area contributed by atoms with Gasteiger partial charge in [-0.3, -0.25) is 5.43 Å². The van der Waals surface area contributed by atoms with Gasteiger partial charge in [-0.2, -0.15) is 11.8 Å². The van der Waals surface area contributed by atoms with Gasteiger partial charge in [-0.1, -0.05) is 13.8 Å². The van der Waals surface area contributed by atoms with Gasteiger partial charge in [-0.15, -0.1) is 0 Å². The Morgan fingerprint density at radius 3 is 1.91 bits per heavy atom. The molecule has 0 aliphatic heterocycles. The number of rotatable bonds is 2. The number of thioether (sulfide) groups is 1. The number of hydrogen-bond donors (Lipinski definition) is 3. The van der Waals surface area contributed by atoms with Crippen molar-refractivity contribution in [2.45, 2.75) is 13.8 Å². The second kappa shape index (κ2) is 16.9. The van der Waals surface area contributed by atoms with Crippen molar-refractivity contribution in [3.05, 3.63) is 0 Å². The number of nitrogens with one attached hydrogen (secondary N) is 1. The fourth-order valence-corrected chi connectivity index (χ4v) is 0.612. The van der Waals surface area contributed by atoms with E-state index in [2.05, 4.69) is 19.7 Å². The van der Waals surface area contributed by atoms with Gasteiger partial charge >= 0.3 is 35.7 Å². The van der Waals surface area contributed by atoms with Gasteiger partial charge in [0.2, 0.25) is 0 Å². The topological polar surface area (TPSA) is 75.3 Å². The maximum Gasteiger partial charge on any atom is 1.00 e. The molecule has 0 heterocycles. The molecule has 0 bridgehead atoms. The van der Waals surface area contributed by atoms with Crippen molar-refractivity contribution in [1.29, 1.82) is 0 Å². The molecule has 0 saturated carbocycles. The zero-order chi connectivity index (χ0) is 8.41. The Bertz CT molecular complexity index is 87.8. The summed E-state index contributed by atoms with van der Waals surface area (Å²) in [6.07, 6.45) is -1.22. The average Bonchev–Trinajstić information content (AvgIpc) is 1.91. The Morgan fingerprint density at radius 2 is 1.91 bits per heavy atom. The van der Waals surface area contributed by atoms with E-state index in [0.717, 1.165) is 0 Å². The van der Waals surface area contributed by atoms with E-state index in [0.29, 0.717) is 0 Å². The zero-order valence-electron chi connectivity index (χ0n) is 8.26. The summed E-state index contributed by atoms with van der Waals surface area (Å²) in [5, 5.41) is 7.49. The van der Waals surface area contributed by atoms with Gasteiger partial charge in [0.25, 0.3) is 0 Å². The van der Waals surface area contributed by atoms with Crippen molar-refractivity contribution in [2.24, 2.45) is 5.84 Å². The second-order valence-electron chi connectivity index (χ2n) is 1.23. The summed E-state index contributed by atoms with van der Waals surface area (Å²) in [6, 6.07) is 0. The van der Waals surface area contributed by atoms with Crippen molar-refractivity contribution < 1.29 is 40.9 Å². The van der Waals surface area contributed by atoms with E-state index in [-0.39, 0.29) is 31.0 Å². The molecule has 0 saturated heterocycles. The number of carbonyl (C=O) groups is 1. The molecular weight excluding hydrogens is 175 g/mol. The minimum atomic E-state index is -1.22. The van der Waals surface area contributed by atoms with E-state index < -0.39 is 6.09 Å². The van der Waals surface area contributed by atoms with Crippen molar-refractivity contribution in [3.8, 4) is 0 Å². The van der Waals surface area contributed by atoms with Gasteiger partial charge in [0.1, 0.15) is 0 Å². The van der Waals surface area contributed by atoms with Crippen LogP contribution in [-0.2, 0) is 0 Å². The molecule has 0 aliphatic carbocycles. The standard InChI is InChI=1S/C4H10S.CH4N2O2.Na.H/c1-3-5-4-2;2-3-1(4)5;;/h3-4H2,1-2H3;3H,2H2,(H,4,5);;/q;;+1;-1. The van der Waals surface area contributed by atoms with Crippen LogP contribution in [0.1, 0.15) is 15.3 Å². The molecular formula is C5H15N2NaO2S. The van der Waals surface area contributed by atoms with E-state index in [1.54, 1.807) is 0 Å². The first kappa shape index (κ1) is 17.6. The normalized spacial score (nSPS) is 6.82. The predicted molar refractivity (Wildman–Crippen MR) is 45.1 cm³/mol. The summed E-state index contributed by atoms with van der Waals surface area (Å²) in [5.41, 5.74) is 1.44. The van der Waals surface area contributed by atoms with Crippen LogP contribution in [0, 0.1) is 0 Å². The number of hydrazine groups is 1. The maximum atomic E-state index is 9.13. The molecule has 64 valence electrons. The number of nitrogens with two attached hydrogens (primary N) is 1. The van der Waals surface area contributed by atoms with Crippen LogP contribution in [0.25, 0.3) is 0 Å². The number of hydrogen-bond acceptors (Lipinski definition) is 3. The molecule has 0 aromatic rings. The number of amides is 1. The maximum absolute atomic E-state index is 9.13. The molecule has 0 fully saturated rings. The van der Waals surface area contributed by atoms with Crippen LogP contribution in [0.3, 0.4) is 0 Å². The van der Waals surface area contributed by atoms with Crippen LogP contribution in [0.5, 0.6) is 0 Å². The van der Waals surface area contributed by atoms with Crippen LogP contribution in [-0.4, -0.2) is 22.7 Å². The van der Waals surface area contributed by atoms with Gasteiger partial charge in [-0.05, 0) is 11.5 Å². The Hall–Kier alpha value is 0.580. The number of carboxylic acid groups (broad SMARTS) is 1. The van der Waals surface area contributed by atoms with Gasteiger partial charge in [-0.25, -0.2) is 10.6 Å². The molecule has 0 aliphatic rings.